The normalized spacial score (nSPS) is 9.94. The Morgan fingerprint density at radius 1 is 1.12 bits per heavy atom. The number of rotatable bonds is 2. The Labute approximate surface area is 107 Å². The van der Waals surface area contributed by atoms with Crippen LogP contribution in [-0.4, -0.2) is 5.97 Å². The second kappa shape index (κ2) is 5.01. The van der Waals surface area contributed by atoms with Gasteiger partial charge in [0.1, 0.15) is 5.75 Å². The van der Waals surface area contributed by atoms with Crippen LogP contribution >= 0.6 is 15.9 Å². The topological polar surface area (TPSA) is 52.3 Å². The largest absolute Gasteiger partial charge is 0.423 e. The molecule has 0 aliphatic rings. The first-order chi connectivity index (χ1) is 8.15. The Hall–Kier alpha value is -1.81. The van der Waals surface area contributed by atoms with E-state index < -0.39 is 5.97 Å². The van der Waals surface area contributed by atoms with Gasteiger partial charge in [0.25, 0.3) is 0 Å². The molecule has 0 atom stereocenters. The fourth-order valence-electron chi connectivity index (χ4n) is 1.33. The van der Waals surface area contributed by atoms with Gasteiger partial charge in [-0.15, -0.1) is 0 Å². The van der Waals surface area contributed by atoms with Crippen molar-refractivity contribution < 1.29 is 9.53 Å². The molecular formula is C13H10BrNO2. The van der Waals surface area contributed by atoms with E-state index in [1.54, 1.807) is 36.4 Å². The van der Waals surface area contributed by atoms with E-state index in [1.807, 2.05) is 12.1 Å². The highest BCUT2D eigenvalue weighted by Gasteiger charge is 2.08. The van der Waals surface area contributed by atoms with E-state index in [0.717, 1.165) is 4.47 Å². The molecule has 2 aromatic carbocycles. The van der Waals surface area contributed by atoms with Crippen LogP contribution < -0.4 is 10.5 Å². The third-order valence-corrected chi connectivity index (χ3v) is 2.68. The van der Waals surface area contributed by atoms with Crippen molar-refractivity contribution in [2.45, 2.75) is 0 Å². The summed E-state index contributed by atoms with van der Waals surface area (Å²) in [5.41, 5.74) is 6.57. The summed E-state index contributed by atoms with van der Waals surface area (Å²) in [5, 5.41) is 0. The van der Waals surface area contributed by atoms with Gasteiger partial charge in [-0.3, -0.25) is 0 Å². The predicted octanol–water partition coefficient (Wildman–Crippen LogP) is 3.25. The molecule has 17 heavy (non-hydrogen) atoms. The van der Waals surface area contributed by atoms with Crippen molar-refractivity contribution in [2.24, 2.45) is 0 Å². The van der Waals surface area contributed by atoms with Crippen molar-refractivity contribution in [3.63, 3.8) is 0 Å². The Morgan fingerprint density at radius 2 is 1.82 bits per heavy atom. The van der Waals surface area contributed by atoms with Crippen molar-refractivity contribution in [1.29, 1.82) is 0 Å². The third kappa shape index (κ3) is 3.07. The minimum atomic E-state index is -0.417. The van der Waals surface area contributed by atoms with Crippen molar-refractivity contribution in [3.05, 3.63) is 58.6 Å². The fourth-order valence-corrected chi connectivity index (χ4v) is 1.60. The van der Waals surface area contributed by atoms with E-state index in [2.05, 4.69) is 15.9 Å². The van der Waals surface area contributed by atoms with E-state index in [4.69, 9.17) is 10.5 Å². The van der Waals surface area contributed by atoms with Crippen LogP contribution in [0.25, 0.3) is 0 Å². The molecule has 0 radical (unpaired) electrons. The molecule has 0 saturated heterocycles. The first kappa shape index (κ1) is 11.7. The third-order valence-electron chi connectivity index (χ3n) is 2.15. The second-order valence-electron chi connectivity index (χ2n) is 3.47. The molecule has 0 aliphatic carbocycles. The number of halogens is 1. The number of nitrogens with two attached hydrogens (primary N) is 1. The zero-order valence-corrected chi connectivity index (χ0v) is 10.5. The first-order valence-corrected chi connectivity index (χ1v) is 5.78. The van der Waals surface area contributed by atoms with E-state index in [9.17, 15) is 4.79 Å². The standard InChI is InChI=1S/C13H10BrNO2/c14-10-4-6-12(7-5-10)17-13(16)9-2-1-3-11(15)8-9/h1-8H,15H2. The Balaban J connectivity index is 2.14. The Morgan fingerprint density at radius 3 is 2.47 bits per heavy atom. The molecular weight excluding hydrogens is 282 g/mol. The quantitative estimate of drug-likeness (QED) is 0.525. The van der Waals surface area contributed by atoms with Gasteiger partial charge in [0.05, 0.1) is 5.56 Å². The summed E-state index contributed by atoms with van der Waals surface area (Å²) in [6.45, 7) is 0. The lowest BCUT2D eigenvalue weighted by molar-refractivity contribution is 0.0735. The van der Waals surface area contributed by atoms with Crippen molar-refractivity contribution in [2.75, 3.05) is 5.73 Å². The molecule has 0 spiro atoms. The van der Waals surface area contributed by atoms with Gasteiger partial charge in [-0.25, -0.2) is 4.79 Å². The highest BCUT2D eigenvalue weighted by molar-refractivity contribution is 9.10. The van der Waals surface area contributed by atoms with Crippen molar-refractivity contribution in [1.82, 2.24) is 0 Å². The van der Waals surface area contributed by atoms with E-state index in [-0.39, 0.29) is 0 Å². The lowest BCUT2D eigenvalue weighted by Crippen LogP contribution is -2.08. The second-order valence-corrected chi connectivity index (χ2v) is 4.38. The molecule has 0 saturated carbocycles. The lowest BCUT2D eigenvalue weighted by atomic mass is 10.2. The molecule has 0 aromatic heterocycles. The number of hydrogen-bond donors (Lipinski definition) is 1. The number of carbonyl (C=O) groups is 1. The highest BCUT2D eigenvalue weighted by Crippen LogP contribution is 2.17. The lowest BCUT2D eigenvalue weighted by Gasteiger charge is -2.04. The van der Waals surface area contributed by atoms with Gasteiger partial charge < -0.3 is 10.5 Å². The molecule has 0 unspecified atom stereocenters. The molecule has 0 amide bonds. The Kier molecular flexibility index (Phi) is 3.44. The number of benzene rings is 2. The molecule has 3 nitrogen and oxygen atoms in total. The molecule has 2 aromatic rings. The van der Waals surface area contributed by atoms with Crippen LogP contribution in [0, 0.1) is 0 Å². The Bertz CT molecular complexity index is 537. The first-order valence-electron chi connectivity index (χ1n) is 4.98. The zero-order valence-electron chi connectivity index (χ0n) is 8.89. The van der Waals surface area contributed by atoms with Crippen LogP contribution in [0.1, 0.15) is 10.4 Å². The maximum atomic E-state index is 11.8. The van der Waals surface area contributed by atoms with Gasteiger partial charge in [0.15, 0.2) is 0 Å². The van der Waals surface area contributed by atoms with Crippen molar-refractivity contribution in [3.8, 4) is 5.75 Å². The molecule has 0 aliphatic heterocycles. The summed E-state index contributed by atoms with van der Waals surface area (Å²) in [6.07, 6.45) is 0. The maximum Gasteiger partial charge on any atom is 0.343 e. The number of esters is 1. The summed E-state index contributed by atoms with van der Waals surface area (Å²) in [5.74, 6) is 0.0836. The van der Waals surface area contributed by atoms with Gasteiger partial charge in [0.2, 0.25) is 0 Å². The van der Waals surface area contributed by atoms with Crippen LogP contribution in [-0.2, 0) is 0 Å². The van der Waals surface area contributed by atoms with Gasteiger partial charge >= 0.3 is 5.97 Å². The molecule has 0 heterocycles. The van der Waals surface area contributed by atoms with Gasteiger partial charge in [-0.1, -0.05) is 22.0 Å². The summed E-state index contributed by atoms with van der Waals surface area (Å²) in [7, 11) is 0. The number of nitrogen functional groups attached to an aromatic ring is 1. The zero-order chi connectivity index (χ0) is 12.3. The number of hydrogen-bond acceptors (Lipinski definition) is 3. The molecule has 0 fully saturated rings. The number of carbonyl (C=O) groups excluding carboxylic acids is 1. The number of ether oxygens (including phenoxy) is 1. The maximum absolute atomic E-state index is 11.8. The summed E-state index contributed by atoms with van der Waals surface area (Å²) in [4.78, 5) is 11.8. The molecule has 4 heteroatoms. The monoisotopic (exact) mass is 291 g/mol. The number of anilines is 1. The summed E-state index contributed by atoms with van der Waals surface area (Å²) < 4.78 is 6.13. The van der Waals surface area contributed by atoms with Crippen LogP contribution in [0.5, 0.6) is 5.75 Å². The molecule has 2 rings (SSSR count). The van der Waals surface area contributed by atoms with Crippen LogP contribution in [0.2, 0.25) is 0 Å². The van der Waals surface area contributed by atoms with Gasteiger partial charge in [0, 0.05) is 10.2 Å². The summed E-state index contributed by atoms with van der Waals surface area (Å²) >= 11 is 3.31. The molecule has 2 N–H and O–H groups in total. The average Bonchev–Trinajstić information content (AvgIpc) is 2.32. The smallest absolute Gasteiger partial charge is 0.343 e. The van der Waals surface area contributed by atoms with Gasteiger partial charge in [-0.05, 0) is 42.5 Å². The molecule has 86 valence electrons. The van der Waals surface area contributed by atoms with Crippen LogP contribution in [0.4, 0.5) is 5.69 Å². The van der Waals surface area contributed by atoms with E-state index in [0.29, 0.717) is 17.0 Å². The van der Waals surface area contributed by atoms with E-state index in [1.165, 1.54) is 0 Å². The fraction of sp³-hybridized carbons (Fsp3) is 0. The minimum absolute atomic E-state index is 0.417. The highest BCUT2D eigenvalue weighted by atomic mass is 79.9. The summed E-state index contributed by atoms with van der Waals surface area (Å²) in [6, 6.07) is 13.7. The van der Waals surface area contributed by atoms with Crippen molar-refractivity contribution >= 4 is 27.6 Å². The average molecular weight is 292 g/mol. The van der Waals surface area contributed by atoms with Crippen LogP contribution in [0.3, 0.4) is 0 Å². The SMILES string of the molecule is Nc1cccc(C(=O)Oc2ccc(Br)cc2)c1. The van der Waals surface area contributed by atoms with E-state index >= 15 is 0 Å². The minimum Gasteiger partial charge on any atom is -0.423 e. The molecule has 0 bridgehead atoms. The van der Waals surface area contributed by atoms with Crippen LogP contribution in [0.15, 0.2) is 53.0 Å². The van der Waals surface area contributed by atoms with Gasteiger partial charge in [-0.2, -0.15) is 0 Å². The predicted molar refractivity (Wildman–Crippen MR) is 70.0 cm³/mol.